The molecule has 0 saturated heterocycles. The summed E-state index contributed by atoms with van der Waals surface area (Å²) in [7, 11) is 0. The lowest BCUT2D eigenvalue weighted by Crippen LogP contribution is -2.13. The smallest absolute Gasteiger partial charge is 0.305 e. The molecule has 4 heteroatoms. The van der Waals surface area contributed by atoms with Gasteiger partial charge in [0.2, 0.25) is 0 Å². The van der Waals surface area contributed by atoms with E-state index in [9.17, 15) is 9.59 Å². The van der Waals surface area contributed by atoms with Crippen LogP contribution in [0, 0.1) is 11.8 Å². The molecule has 0 heterocycles. The summed E-state index contributed by atoms with van der Waals surface area (Å²) in [5, 5.41) is 8.76. The van der Waals surface area contributed by atoms with E-state index >= 15 is 0 Å². The van der Waals surface area contributed by atoms with Crippen molar-refractivity contribution in [3.8, 4) is 0 Å². The SMILES string of the molecule is CCCCC(CC)COC(=O)CCCCCCCCCCCCCCCC(C)CC(=O)O. The second-order valence-corrected chi connectivity index (χ2v) is 9.94. The summed E-state index contributed by atoms with van der Waals surface area (Å²) in [4.78, 5) is 22.5. The zero-order valence-electron chi connectivity index (χ0n) is 21.7. The Morgan fingerprint density at radius 1 is 0.719 bits per heavy atom. The molecule has 0 rings (SSSR count). The van der Waals surface area contributed by atoms with Crippen molar-refractivity contribution in [1.29, 1.82) is 0 Å². The fourth-order valence-corrected chi connectivity index (χ4v) is 4.29. The molecule has 0 aromatic rings. The van der Waals surface area contributed by atoms with Gasteiger partial charge in [-0.1, -0.05) is 124 Å². The summed E-state index contributed by atoms with van der Waals surface area (Å²) < 4.78 is 5.47. The topological polar surface area (TPSA) is 63.6 Å². The van der Waals surface area contributed by atoms with Crippen LogP contribution in [0.4, 0.5) is 0 Å². The molecule has 0 bridgehead atoms. The predicted molar refractivity (Wildman–Crippen MR) is 135 cm³/mol. The molecular formula is C28H54O4. The number of esters is 1. The van der Waals surface area contributed by atoms with Crippen molar-refractivity contribution in [3.63, 3.8) is 0 Å². The van der Waals surface area contributed by atoms with Crippen LogP contribution in [0.3, 0.4) is 0 Å². The minimum absolute atomic E-state index is 0.00489. The highest BCUT2D eigenvalue weighted by Crippen LogP contribution is 2.17. The van der Waals surface area contributed by atoms with Gasteiger partial charge in [0.25, 0.3) is 0 Å². The molecule has 0 fully saturated rings. The normalized spacial score (nSPS) is 13.1. The van der Waals surface area contributed by atoms with Crippen LogP contribution in [-0.4, -0.2) is 23.7 Å². The van der Waals surface area contributed by atoms with Gasteiger partial charge in [-0.05, 0) is 24.7 Å². The number of unbranched alkanes of at least 4 members (excludes halogenated alkanes) is 13. The molecule has 2 atom stereocenters. The van der Waals surface area contributed by atoms with Gasteiger partial charge in [-0.2, -0.15) is 0 Å². The second kappa shape index (κ2) is 23.1. The van der Waals surface area contributed by atoms with Gasteiger partial charge in [0.1, 0.15) is 0 Å². The van der Waals surface area contributed by atoms with E-state index in [0.717, 1.165) is 25.7 Å². The zero-order chi connectivity index (χ0) is 23.9. The predicted octanol–water partition coefficient (Wildman–Crippen LogP) is 8.71. The molecule has 0 aliphatic carbocycles. The Morgan fingerprint density at radius 2 is 1.22 bits per heavy atom. The number of rotatable bonds is 24. The van der Waals surface area contributed by atoms with Crippen LogP contribution in [0.25, 0.3) is 0 Å². The third-order valence-electron chi connectivity index (χ3n) is 6.62. The van der Waals surface area contributed by atoms with Gasteiger partial charge in [-0.15, -0.1) is 0 Å². The van der Waals surface area contributed by atoms with Crippen molar-refractivity contribution in [2.45, 2.75) is 149 Å². The van der Waals surface area contributed by atoms with E-state index in [-0.39, 0.29) is 5.97 Å². The summed E-state index contributed by atoms with van der Waals surface area (Å²) in [6, 6.07) is 0. The maximum absolute atomic E-state index is 11.9. The molecule has 190 valence electrons. The van der Waals surface area contributed by atoms with Gasteiger partial charge in [-0.3, -0.25) is 9.59 Å². The lowest BCUT2D eigenvalue weighted by atomic mass is 9.99. The van der Waals surface area contributed by atoms with Crippen molar-refractivity contribution < 1.29 is 19.4 Å². The molecule has 1 N–H and O–H groups in total. The second-order valence-electron chi connectivity index (χ2n) is 9.94. The number of carboxylic acids is 1. The summed E-state index contributed by atoms with van der Waals surface area (Å²) in [5.74, 6) is 0.180. The Hall–Kier alpha value is -1.06. The molecule has 0 aliphatic rings. The van der Waals surface area contributed by atoms with Crippen molar-refractivity contribution >= 4 is 11.9 Å². The fourth-order valence-electron chi connectivity index (χ4n) is 4.29. The first-order valence-electron chi connectivity index (χ1n) is 13.9. The number of hydrogen-bond donors (Lipinski definition) is 1. The van der Waals surface area contributed by atoms with Crippen molar-refractivity contribution in [3.05, 3.63) is 0 Å². The molecule has 0 amide bonds. The lowest BCUT2D eigenvalue weighted by Gasteiger charge is -2.14. The molecular weight excluding hydrogens is 400 g/mol. The van der Waals surface area contributed by atoms with Crippen LogP contribution in [0.2, 0.25) is 0 Å². The average molecular weight is 455 g/mol. The molecule has 0 saturated carbocycles. The molecule has 4 nitrogen and oxygen atoms in total. The van der Waals surface area contributed by atoms with Gasteiger partial charge in [0, 0.05) is 12.8 Å². The molecule has 32 heavy (non-hydrogen) atoms. The quantitative estimate of drug-likeness (QED) is 0.117. The van der Waals surface area contributed by atoms with Crippen LogP contribution < -0.4 is 0 Å². The maximum Gasteiger partial charge on any atom is 0.305 e. The molecule has 0 aliphatic heterocycles. The van der Waals surface area contributed by atoms with Crippen LogP contribution in [0.1, 0.15) is 149 Å². The molecule has 0 aromatic carbocycles. The summed E-state index contributed by atoms with van der Waals surface area (Å²) in [6.45, 7) is 7.05. The number of carbonyl (C=O) groups excluding carboxylic acids is 1. The molecule has 0 aromatic heterocycles. The third kappa shape index (κ3) is 22.1. The van der Waals surface area contributed by atoms with Gasteiger partial charge in [0.05, 0.1) is 6.61 Å². The van der Waals surface area contributed by atoms with Gasteiger partial charge in [-0.25, -0.2) is 0 Å². The van der Waals surface area contributed by atoms with Gasteiger partial charge < -0.3 is 9.84 Å². The third-order valence-corrected chi connectivity index (χ3v) is 6.62. The number of hydrogen-bond acceptors (Lipinski definition) is 3. The first-order valence-corrected chi connectivity index (χ1v) is 13.9. The van der Waals surface area contributed by atoms with E-state index in [1.54, 1.807) is 0 Å². The van der Waals surface area contributed by atoms with E-state index in [2.05, 4.69) is 13.8 Å². The monoisotopic (exact) mass is 454 g/mol. The van der Waals surface area contributed by atoms with Crippen LogP contribution in [0.15, 0.2) is 0 Å². The summed E-state index contributed by atoms with van der Waals surface area (Å²) in [6.07, 6.45) is 23.0. The average Bonchev–Trinajstić information content (AvgIpc) is 2.76. The number of ether oxygens (including phenoxy) is 1. The Bertz CT molecular complexity index is 435. The molecule has 0 spiro atoms. The highest BCUT2D eigenvalue weighted by Gasteiger charge is 2.10. The highest BCUT2D eigenvalue weighted by molar-refractivity contribution is 5.69. The molecule has 2 unspecified atom stereocenters. The standard InChI is InChI=1S/C28H54O4/c1-4-6-21-26(5-2)24-32-28(31)22-19-17-15-13-11-9-7-8-10-12-14-16-18-20-25(3)23-27(29)30/h25-26H,4-24H2,1-3H3,(H,29,30). The number of carbonyl (C=O) groups is 2. The number of aliphatic carboxylic acids is 1. The van der Waals surface area contributed by atoms with E-state index in [0.29, 0.717) is 31.3 Å². The summed E-state index contributed by atoms with van der Waals surface area (Å²) >= 11 is 0. The highest BCUT2D eigenvalue weighted by atomic mass is 16.5. The van der Waals surface area contributed by atoms with Crippen molar-refractivity contribution in [2.75, 3.05) is 6.61 Å². The largest absolute Gasteiger partial charge is 0.481 e. The van der Waals surface area contributed by atoms with Crippen LogP contribution in [0.5, 0.6) is 0 Å². The Balaban J connectivity index is 3.30. The van der Waals surface area contributed by atoms with E-state index < -0.39 is 5.97 Å². The lowest BCUT2D eigenvalue weighted by molar-refractivity contribution is -0.145. The van der Waals surface area contributed by atoms with Gasteiger partial charge in [0.15, 0.2) is 0 Å². The Kier molecular flexibility index (Phi) is 22.3. The van der Waals surface area contributed by atoms with Crippen molar-refractivity contribution in [1.82, 2.24) is 0 Å². The van der Waals surface area contributed by atoms with Crippen LogP contribution >= 0.6 is 0 Å². The van der Waals surface area contributed by atoms with E-state index in [1.807, 2.05) is 6.92 Å². The molecule has 0 radical (unpaired) electrons. The minimum Gasteiger partial charge on any atom is -0.481 e. The summed E-state index contributed by atoms with van der Waals surface area (Å²) in [5.41, 5.74) is 0. The number of carboxylic acid groups (broad SMARTS) is 1. The first kappa shape index (κ1) is 30.9. The van der Waals surface area contributed by atoms with E-state index in [4.69, 9.17) is 9.84 Å². The van der Waals surface area contributed by atoms with Crippen LogP contribution in [-0.2, 0) is 14.3 Å². The van der Waals surface area contributed by atoms with Crippen molar-refractivity contribution in [2.24, 2.45) is 11.8 Å². The first-order chi connectivity index (χ1) is 15.5. The fraction of sp³-hybridized carbons (Fsp3) is 0.929. The van der Waals surface area contributed by atoms with E-state index in [1.165, 1.54) is 89.9 Å². The minimum atomic E-state index is -0.671. The zero-order valence-corrected chi connectivity index (χ0v) is 21.7. The Labute approximate surface area is 199 Å². The van der Waals surface area contributed by atoms with Gasteiger partial charge >= 0.3 is 11.9 Å². The Morgan fingerprint density at radius 3 is 1.69 bits per heavy atom. The maximum atomic E-state index is 11.9.